The van der Waals surface area contributed by atoms with Crippen LogP contribution in [0.4, 0.5) is 5.69 Å². The van der Waals surface area contributed by atoms with Crippen LogP contribution in [0.25, 0.3) is 0 Å². The van der Waals surface area contributed by atoms with Gasteiger partial charge in [0.15, 0.2) is 0 Å². The Kier molecular flexibility index (Phi) is 7.32. The molecule has 0 bridgehead atoms. The number of nitrogens with zero attached hydrogens (tertiary/aromatic N) is 3. The molecule has 1 aromatic heterocycles. The van der Waals surface area contributed by atoms with E-state index in [2.05, 4.69) is 15.5 Å². The van der Waals surface area contributed by atoms with Crippen LogP contribution in [0, 0.1) is 6.92 Å². The zero-order valence-electron chi connectivity index (χ0n) is 19.1. The van der Waals surface area contributed by atoms with E-state index in [9.17, 15) is 13.2 Å². The standard InChI is InChI=1S/C27H24N4O3S/c1-21-14-16-24(17-15-21)35(33,34)31(20-22-9-3-2-4-10-22)26-13-6-5-12-25(26)27(32)30-29-19-23-11-7-8-18-28-23/h2-19H,20H2,1H3,(H,30,32)/b29-19+. The Morgan fingerprint density at radius 3 is 2.31 bits per heavy atom. The normalized spacial score (nSPS) is 11.3. The largest absolute Gasteiger partial charge is 0.273 e. The number of anilines is 1. The summed E-state index contributed by atoms with van der Waals surface area (Å²) in [6, 6.07) is 27.8. The molecule has 1 heterocycles. The molecule has 1 N–H and O–H groups in total. The Bertz CT molecular complexity index is 1420. The molecule has 0 aliphatic rings. The minimum absolute atomic E-state index is 0.0541. The summed E-state index contributed by atoms with van der Waals surface area (Å²) in [6.45, 7) is 1.95. The van der Waals surface area contributed by atoms with Crippen molar-refractivity contribution in [2.24, 2.45) is 5.10 Å². The highest BCUT2D eigenvalue weighted by molar-refractivity contribution is 7.92. The summed E-state index contributed by atoms with van der Waals surface area (Å²) in [4.78, 5) is 17.3. The number of sulfonamides is 1. The Balaban J connectivity index is 1.71. The Labute approximate surface area is 204 Å². The number of benzene rings is 3. The van der Waals surface area contributed by atoms with Crippen molar-refractivity contribution in [2.45, 2.75) is 18.4 Å². The molecule has 1 amide bonds. The molecule has 7 nitrogen and oxygen atoms in total. The third-order valence-electron chi connectivity index (χ3n) is 5.25. The van der Waals surface area contributed by atoms with Gasteiger partial charge in [-0.15, -0.1) is 0 Å². The maximum atomic E-state index is 13.8. The fourth-order valence-corrected chi connectivity index (χ4v) is 4.91. The maximum Gasteiger partial charge on any atom is 0.273 e. The van der Waals surface area contributed by atoms with Crippen LogP contribution in [-0.2, 0) is 16.6 Å². The molecule has 0 saturated carbocycles. The van der Waals surface area contributed by atoms with Gasteiger partial charge >= 0.3 is 0 Å². The highest BCUT2D eigenvalue weighted by Gasteiger charge is 2.28. The molecule has 3 aromatic carbocycles. The van der Waals surface area contributed by atoms with Gasteiger partial charge < -0.3 is 0 Å². The van der Waals surface area contributed by atoms with Gasteiger partial charge in [0.05, 0.1) is 34.6 Å². The van der Waals surface area contributed by atoms with Crippen molar-refractivity contribution in [2.75, 3.05) is 4.31 Å². The van der Waals surface area contributed by atoms with E-state index in [4.69, 9.17) is 0 Å². The molecule has 4 aromatic rings. The SMILES string of the molecule is Cc1ccc(S(=O)(=O)N(Cc2ccccc2)c2ccccc2C(=O)N/N=C/c2ccccn2)cc1. The first-order chi connectivity index (χ1) is 16.9. The second kappa shape index (κ2) is 10.8. The summed E-state index contributed by atoms with van der Waals surface area (Å²) in [5, 5.41) is 3.98. The van der Waals surface area contributed by atoms with Gasteiger partial charge in [-0.1, -0.05) is 66.2 Å². The van der Waals surface area contributed by atoms with Crippen molar-refractivity contribution in [1.29, 1.82) is 0 Å². The van der Waals surface area contributed by atoms with Crippen LogP contribution in [0.2, 0.25) is 0 Å². The number of para-hydroxylation sites is 1. The molecule has 0 spiro atoms. The smallest absolute Gasteiger partial charge is 0.267 e. The van der Waals surface area contributed by atoms with E-state index in [1.807, 2.05) is 43.3 Å². The fraction of sp³-hybridized carbons (Fsp3) is 0.0741. The van der Waals surface area contributed by atoms with Gasteiger partial charge in [-0.05, 0) is 48.9 Å². The van der Waals surface area contributed by atoms with Crippen molar-refractivity contribution in [3.63, 3.8) is 0 Å². The van der Waals surface area contributed by atoms with E-state index in [0.29, 0.717) is 5.69 Å². The highest BCUT2D eigenvalue weighted by Crippen LogP contribution is 2.29. The number of aromatic nitrogens is 1. The monoisotopic (exact) mass is 484 g/mol. The Morgan fingerprint density at radius 2 is 1.60 bits per heavy atom. The van der Waals surface area contributed by atoms with Crippen molar-refractivity contribution in [1.82, 2.24) is 10.4 Å². The van der Waals surface area contributed by atoms with Gasteiger partial charge in [0, 0.05) is 6.20 Å². The minimum Gasteiger partial charge on any atom is -0.267 e. The molecule has 0 aliphatic heterocycles. The van der Waals surface area contributed by atoms with Gasteiger partial charge in [0.1, 0.15) is 0 Å². The van der Waals surface area contributed by atoms with Crippen LogP contribution in [0.15, 0.2) is 113 Å². The van der Waals surface area contributed by atoms with Gasteiger partial charge in [-0.3, -0.25) is 14.1 Å². The lowest BCUT2D eigenvalue weighted by molar-refractivity contribution is 0.0955. The van der Waals surface area contributed by atoms with Gasteiger partial charge in [0.2, 0.25) is 0 Å². The molecule has 0 atom stereocenters. The molecule has 8 heteroatoms. The van der Waals surface area contributed by atoms with Crippen LogP contribution in [0.5, 0.6) is 0 Å². The van der Waals surface area contributed by atoms with Gasteiger partial charge in [0.25, 0.3) is 15.9 Å². The number of carbonyl (C=O) groups is 1. The highest BCUT2D eigenvalue weighted by atomic mass is 32.2. The fourth-order valence-electron chi connectivity index (χ4n) is 3.44. The number of hydrogen-bond acceptors (Lipinski definition) is 5. The molecule has 0 fully saturated rings. The third-order valence-corrected chi connectivity index (χ3v) is 7.02. The van der Waals surface area contributed by atoms with Crippen LogP contribution in [0.3, 0.4) is 0 Å². The quantitative estimate of drug-likeness (QED) is 0.293. The first-order valence-corrected chi connectivity index (χ1v) is 12.4. The van der Waals surface area contributed by atoms with Gasteiger partial charge in [-0.2, -0.15) is 5.10 Å². The summed E-state index contributed by atoms with van der Waals surface area (Å²) in [6.07, 6.45) is 3.04. The average molecular weight is 485 g/mol. The molecule has 0 aliphatic carbocycles. The van der Waals surface area contributed by atoms with Gasteiger partial charge in [-0.25, -0.2) is 13.8 Å². The number of amides is 1. The number of hydrogen-bond donors (Lipinski definition) is 1. The summed E-state index contributed by atoms with van der Waals surface area (Å²) in [7, 11) is -3.98. The second-order valence-corrected chi connectivity index (χ2v) is 9.64. The molecule has 0 radical (unpaired) electrons. The second-order valence-electron chi connectivity index (χ2n) is 7.78. The molecule has 0 unspecified atom stereocenters. The van der Waals surface area contributed by atoms with Crippen LogP contribution in [-0.4, -0.2) is 25.5 Å². The number of aryl methyl sites for hydroxylation is 1. The predicted molar refractivity (Wildman–Crippen MR) is 137 cm³/mol. The average Bonchev–Trinajstić information content (AvgIpc) is 2.88. The zero-order chi connectivity index (χ0) is 24.7. The predicted octanol–water partition coefficient (Wildman–Crippen LogP) is 4.55. The van der Waals surface area contributed by atoms with Crippen LogP contribution < -0.4 is 9.73 Å². The number of hydrazone groups is 1. The number of carbonyl (C=O) groups excluding carboxylic acids is 1. The first kappa shape index (κ1) is 23.8. The van der Waals surface area contributed by atoms with E-state index in [0.717, 1.165) is 11.1 Å². The summed E-state index contributed by atoms with van der Waals surface area (Å²) < 4.78 is 28.8. The summed E-state index contributed by atoms with van der Waals surface area (Å²) in [5.74, 6) is -0.537. The summed E-state index contributed by atoms with van der Waals surface area (Å²) in [5.41, 5.74) is 5.21. The van der Waals surface area contributed by atoms with Crippen LogP contribution in [0.1, 0.15) is 27.2 Å². The Hall–Kier alpha value is -4.30. The van der Waals surface area contributed by atoms with Crippen molar-refractivity contribution < 1.29 is 13.2 Å². The number of nitrogens with one attached hydrogen (secondary N) is 1. The van der Waals surface area contributed by atoms with E-state index >= 15 is 0 Å². The molecular formula is C27H24N4O3S. The molecule has 0 saturated heterocycles. The van der Waals surface area contributed by atoms with E-state index in [1.165, 1.54) is 10.5 Å². The maximum absolute atomic E-state index is 13.8. The molecular weight excluding hydrogens is 460 g/mol. The Morgan fingerprint density at radius 1 is 0.914 bits per heavy atom. The molecule has 4 rings (SSSR count). The van der Waals surface area contributed by atoms with Crippen LogP contribution >= 0.6 is 0 Å². The lowest BCUT2D eigenvalue weighted by Gasteiger charge is -2.26. The molecule has 176 valence electrons. The minimum atomic E-state index is -3.98. The van der Waals surface area contributed by atoms with Crippen molar-refractivity contribution in [3.8, 4) is 0 Å². The zero-order valence-corrected chi connectivity index (χ0v) is 19.9. The van der Waals surface area contributed by atoms with Crippen molar-refractivity contribution >= 4 is 27.8 Å². The number of rotatable bonds is 8. The molecule has 35 heavy (non-hydrogen) atoms. The van der Waals surface area contributed by atoms with Crippen molar-refractivity contribution in [3.05, 3.63) is 126 Å². The summed E-state index contributed by atoms with van der Waals surface area (Å²) >= 11 is 0. The first-order valence-electron chi connectivity index (χ1n) is 10.9. The number of pyridine rings is 1. The lowest BCUT2D eigenvalue weighted by atomic mass is 10.1. The van der Waals surface area contributed by atoms with E-state index in [-0.39, 0.29) is 22.7 Å². The lowest BCUT2D eigenvalue weighted by Crippen LogP contribution is -2.33. The van der Waals surface area contributed by atoms with E-state index in [1.54, 1.807) is 66.9 Å². The third kappa shape index (κ3) is 5.80. The topological polar surface area (TPSA) is 91.7 Å². The van der Waals surface area contributed by atoms with E-state index < -0.39 is 15.9 Å².